The van der Waals surface area contributed by atoms with Gasteiger partial charge in [0, 0.05) is 25.5 Å². The van der Waals surface area contributed by atoms with Gasteiger partial charge in [-0.25, -0.2) is 4.98 Å². The van der Waals surface area contributed by atoms with Crippen LogP contribution in [0.4, 0.5) is 5.82 Å². The van der Waals surface area contributed by atoms with Gasteiger partial charge in [-0.05, 0) is 23.7 Å². The van der Waals surface area contributed by atoms with Gasteiger partial charge in [-0.15, -0.1) is 0 Å². The van der Waals surface area contributed by atoms with Crippen LogP contribution >= 0.6 is 11.6 Å². The second-order valence-electron chi connectivity index (χ2n) is 4.57. The maximum absolute atomic E-state index is 11.8. The Kier molecular flexibility index (Phi) is 2.98. The molecular weight excluding hydrogens is 264 g/mol. The molecule has 0 unspecified atom stereocenters. The van der Waals surface area contributed by atoms with Crippen molar-refractivity contribution in [3.63, 3.8) is 0 Å². The Hall–Kier alpha value is -1.88. The average Bonchev–Trinajstić information content (AvgIpc) is 2.41. The van der Waals surface area contributed by atoms with Crippen LogP contribution in [0, 0.1) is 0 Å². The molecule has 0 bridgehead atoms. The molecule has 0 aliphatic carbocycles. The van der Waals surface area contributed by atoms with Crippen LogP contribution in [0.2, 0.25) is 5.28 Å². The van der Waals surface area contributed by atoms with E-state index in [1.807, 2.05) is 36.2 Å². The van der Waals surface area contributed by atoms with E-state index in [0.29, 0.717) is 13.1 Å². The van der Waals surface area contributed by atoms with E-state index in [1.165, 1.54) is 0 Å². The van der Waals surface area contributed by atoms with Gasteiger partial charge in [0.05, 0.1) is 12.1 Å². The number of fused-ring (bicyclic) bond motifs is 1. The molecule has 2 heterocycles. The molecule has 5 nitrogen and oxygen atoms in total. The SMILES string of the molecule is CN1CCN(c2nc(Cl)nc3ccccc23)CC1=O. The van der Waals surface area contributed by atoms with Crippen molar-refractivity contribution >= 4 is 34.2 Å². The number of aromatic nitrogens is 2. The van der Waals surface area contributed by atoms with Crippen molar-refractivity contribution in [1.82, 2.24) is 14.9 Å². The number of benzene rings is 1. The Morgan fingerprint density at radius 3 is 2.79 bits per heavy atom. The summed E-state index contributed by atoms with van der Waals surface area (Å²) < 4.78 is 0. The lowest BCUT2D eigenvalue weighted by Gasteiger charge is -2.33. The highest BCUT2D eigenvalue weighted by atomic mass is 35.5. The van der Waals surface area contributed by atoms with Crippen molar-refractivity contribution in [2.24, 2.45) is 0 Å². The minimum atomic E-state index is 0.0880. The second-order valence-corrected chi connectivity index (χ2v) is 4.91. The third kappa shape index (κ3) is 2.21. The molecule has 98 valence electrons. The van der Waals surface area contributed by atoms with Crippen molar-refractivity contribution in [3.8, 4) is 0 Å². The fourth-order valence-electron chi connectivity index (χ4n) is 2.21. The van der Waals surface area contributed by atoms with E-state index >= 15 is 0 Å². The third-order valence-corrected chi connectivity index (χ3v) is 3.48. The predicted octanol–water partition coefficient (Wildman–Crippen LogP) is 1.56. The largest absolute Gasteiger partial charge is 0.345 e. The number of likely N-dealkylation sites (N-methyl/N-ethyl adjacent to an activating group) is 1. The summed E-state index contributed by atoms with van der Waals surface area (Å²) in [5, 5.41) is 1.13. The zero-order chi connectivity index (χ0) is 13.4. The van der Waals surface area contributed by atoms with Gasteiger partial charge in [0.15, 0.2) is 0 Å². The molecule has 0 saturated carbocycles. The van der Waals surface area contributed by atoms with Crippen molar-refractivity contribution in [2.75, 3.05) is 31.6 Å². The van der Waals surface area contributed by atoms with E-state index < -0.39 is 0 Å². The molecule has 6 heteroatoms. The van der Waals surface area contributed by atoms with Crippen molar-refractivity contribution < 1.29 is 4.79 Å². The molecule has 1 saturated heterocycles. The van der Waals surface area contributed by atoms with Crippen molar-refractivity contribution in [3.05, 3.63) is 29.5 Å². The molecule has 1 aliphatic heterocycles. The normalized spacial score (nSPS) is 16.2. The minimum Gasteiger partial charge on any atom is -0.345 e. The first-order valence-corrected chi connectivity index (χ1v) is 6.44. The van der Waals surface area contributed by atoms with Gasteiger partial charge in [0.25, 0.3) is 0 Å². The number of nitrogens with zero attached hydrogens (tertiary/aromatic N) is 4. The summed E-state index contributed by atoms with van der Waals surface area (Å²) in [4.78, 5) is 24.0. The summed E-state index contributed by atoms with van der Waals surface area (Å²) in [6, 6.07) is 7.68. The highest BCUT2D eigenvalue weighted by Crippen LogP contribution is 2.26. The lowest BCUT2D eigenvalue weighted by molar-refractivity contribution is -0.129. The maximum Gasteiger partial charge on any atom is 0.241 e. The minimum absolute atomic E-state index is 0.0880. The molecule has 0 radical (unpaired) electrons. The van der Waals surface area contributed by atoms with Crippen LogP contribution in [0.5, 0.6) is 0 Å². The Labute approximate surface area is 115 Å². The van der Waals surface area contributed by atoms with Crippen molar-refractivity contribution in [2.45, 2.75) is 0 Å². The molecule has 1 aromatic carbocycles. The van der Waals surface area contributed by atoms with E-state index in [1.54, 1.807) is 4.90 Å². The quantitative estimate of drug-likeness (QED) is 0.742. The first-order valence-electron chi connectivity index (χ1n) is 6.06. The zero-order valence-electron chi connectivity index (χ0n) is 10.5. The summed E-state index contributed by atoms with van der Waals surface area (Å²) in [6.45, 7) is 1.77. The Morgan fingerprint density at radius 2 is 2.00 bits per heavy atom. The fraction of sp³-hybridized carbons (Fsp3) is 0.308. The van der Waals surface area contributed by atoms with Crippen LogP contribution in [0.15, 0.2) is 24.3 Å². The number of anilines is 1. The van der Waals surface area contributed by atoms with Crippen LogP contribution < -0.4 is 4.90 Å². The predicted molar refractivity (Wildman–Crippen MR) is 74.4 cm³/mol. The van der Waals surface area contributed by atoms with E-state index in [9.17, 15) is 4.79 Å². The number of hydrogen-bond acceptors (Lipinski definition) is 4. The first kappa shape index (κ1) is 12.2. The number of para-hydroxylation sites is 1. The number of carbonyl (C=O) groups is 1. The fourth-order valence-corrected chi connectivity index (χ4v) is 2.38. The maximum atomic E-state index is 11.8. The van der Waals surface area contributed by atoms with Crippen LogP contribution in [0.25, 0.3) is 10.9 Å². The standard InChI is InChI=1S/C13H13ClN4O/c1-17-6-7-18(8-11(17)19)12-9-4-2-3-5-10(9)15-13(14)16-12/h2-5H,6-8H2,1H3. The number of piperazine rings is 1. The Bertz CT molecular complexity index is 646. The van der Waals surface area contributed by atoms with E-state index in [-0.39, 0.29) is 11.2 Å². The van der Waals surface area contributed by atoms with E-state index in [4.69, 9.17) is 11.6 Å². The van der Waals surface area contributed by atoms with Crippen LogP contribution in [-0.4, -0.2) is 47.5 Å². The van der Waals surface area contributed by atoms with E-state index in [0.717, 1.165) is 23.3 Å². The molecule has 1 aliphatic rings. The Morgan fingerprint density at radius 1 is 1.21 bits per heavy atom. The van der Waals surface area contributed by atoms with Gasteiger partial charge in [-0.3, -0.25) is 4.79 Å². The summed E-state index contributed by atoms with van der Waals surface area (Å²) in [5.41, 5.74) is 0.795. The summed E-state index contributed by atoms with van der Waals surface area (Å²) in [6.07, 6.45) is 0. The molecule has 0 atom stereocenters. The molecule has 0 spiro atoms. The zero-order valence-corrected chi connectivity index (χ0v) is 11.3. The molecule has 1 aromatic heterocycles. The van der Waals surface area contributed by atoms with Gasteiger partial charge in [-0.1, -0.05) is 12.1 Å². The lowest BCUT2D eigenvalue weighted by atomic mass is 10.2. The summed E-state index contributed by atoms with van der Waals surface area (Å²) in [7, 11) is 1.81. The number of amides is 1. The average molecular weight is 277 g/mol. The topological polar surface area (TPSA) is 49.3 Å². The molecule has 2 aromatic rings. The van der Waals surface area contributed by atoms with Gasteiger partial charge < -0.3 is 9.80 Å². The molecular formula is C13H13ClN4O. The molecule has 1 amide bonds. The number of hydrogen-bond donors (Lipinski definition) is 0. The highest BCUT2D eigenvalue weighted by molar-refractivity contribution is 6.28. The highest BCUT2D eigenvalue weighted by Gasteiger charge is 2.23. The first-order chi connectivity index (χ1) is 9.15. The molecule has 1 fully saturated rings. The lowest BCUT2D eigenvalue weighted by Crippen LogP contribution is -2.48. The van der Waals surface area contributed by atoms with Crippen LogP contribution in [-0.2, 0) is 4.79 Å². The van der Waals surface area contributed by atoms with Gasteiger partial charge in [0.2, 0.25) is 11.2 Å². The van der Waals surface area contributed by atoms with E-state index in [2.05, 4.69) is 9.97 Å². The van der Waals surface area contributed by atoms with Crippen LogP contribution in [0.3, 0.4) is 0 Å². The summed E-state index contributed by atoms with van der Waals surface area (Å²) >= 11 is 5.96. The molecule has 3 rings (SSSR count). The Balaban J connectivity index is 2.07. The molecule has 0 N–H and O–H groups in total. The van der Waals surface area contributed by atoms with Crippen LogP contribution in [0.1, 0.15) is 0 Å². The number of carbonyl (C=O) groups excluding carboxylic acids is 1. The second kappa shape index (κ2) is 4.66. The van der Waals surface area contributed by atoms with Gasteiger partial charge in [0.1, 0.15) is 5.82 Å². The summed E-state index contributed by atoms with van der Waals surface area (Å²) in [5.74, 6) is 0.821. The number of rotatable bonds is 1. The monoisotopic (exact) mass is 276 g/mol. The number of halogens is 1. The van der Waals surface area contributed by atoms with Gasteiger partial charge >= 0.3 is 0 Å². The van der Waals surface area contributed by atoms with Crippen molar-refractivity contribution in [1.29, 1.82) is 0 Å². The third-order valence-electron chi connectivity index (χ3n) is 3.31. The van der Waals surface area contributed by atoms with Gasteiger partial charge in [-0.2, -0.15) is 4.98 Å². The molecule has 19 heavy (non-hydrogen) atoms. The smallest absolute Gasteiger partial charge is 0.241 e.